The number of halogens is 1. The molecule has 1 fully saturated rings. The molecule has 1 aliphatic heterocycles. The van der Waals surface area contributed by atoms with Gasteiger partial charge in [-0.15, -0.1) is 0 Å². The summed E-state index contributed by atoms with van der Waals surface area (Å²) >= 11 is 0. The van der Waals surface area contributed by atoms with E-state index in [1.54, 1.807) is 0 Å². The van der Waals surface area contributed by atoms with Crippen molar-refractivity contribution in [2.75, 3.05) is 18.8 Å². The topological polar surface area (TPSA) is 29.3 Å². The minimum atomic E-state index is -0.617. The van der Waals surface area contributed by atoms with Crippen LogP contribution in [0.5, 0.6) is 0 Å². The zero-order valence-corrected chi connectivity index (χ0v) is 9.32. The van der Waals surface area contributed by atoms with Gasteiger partial charge in [0.25, 0.3) is 0 Å². The molecule has 0 radical (unpaired) electrons. The van der Waals surface area contributed by atoms with Gasteiger partial charge in [-0.2, -0.15) is 0 Å². The van der Waals surface area contributed by atoms with E-state index >= 15 is 0 Å². The molecule has 1 heterocycles. The second kappa shape index (κ2) is 3.74. The van der Waals surface area contributed by atoms with Crippen molar-refractivity contribution >= 4 is 5.69 Å². The van der Waals surface area contributed by atoms with E-state index in [0.717, 1.165) is 25.1 Å². The molecule has 1 saturated heterocycles. The first-order chi connectivity index (χ1) is 7.72. The first-order valence-corrected chi connectivity index (χ1v) is 5.98. The smallest absolute Gasteiger partial charge is 0.114 e. The van der Waals surface area contributed by atoms with Crippen LogP contribution in [-0.2, 0) is 12.8 Å². The van der Waals surface area contributed by atoms with E-state index in [0.29, 0.717) is 19.0 Å². The van der Waals surface area contributed by atoms with E-state index in [9.17, 15) is 4.39 Å². The van der Waals surface area contributed by atoms with Gasteiger partial charge in [0.1, 0.15) is 6.17 Å². The Morgan fingerprint density at radius 1 is 1.25 bits per heavy atom. The van der Waals surface area contributed by atoms with Gasteiger partial charge in [0, 0.05) is 24.8 Å². The summed E-state index contributed by atoms with van der Waals surface area (Å²) in [6, 6.07) is 6.65. The quantitative estimate of drug-likeness (QED) is 0.731. The number of hydrogen-bond donors (Lipinski definition) is 1. The molecule has 2 atom stereocenters. The molecule has 0 spiro atoms. The Hall–Kier alpha value is -1.09. The van der Waals surface area contributed by atoms with Crippen LogP contribution in [0.4, 0.5) is 10.1 Å². The number of hydrogen-bond acceptors (Lipinski definition) is 2. The van der Waals surface area contributed by atoms with Gasteiger partial charge in [-0.05, 0) is 42.5 Å². The summed E-state index contributed by atoms with van der Waals surface area (Å²) in [4.78, 5) is 2.29. The highest BCUT2D eigenvalue weighted by molar-refractivity contribution is 5.47. The predicted octanol–water partition coefficient (Wildman–Crippen LogP) is 1.78. The molecule has 0 aromatic heterocycles. The molecular formula is C13H17FN2. The van der Waals surface area contributed by atoms with Gasteiger partial charge in [0.15, 0.2) is 0 Å². The zero-order valence-electron chi connectivity index (χ0n) is 9.32. The van der Waals surface area contributed by atoms with Crippen LogP contribution in [-0.4, -0.2) is 30.2 Å². The molecule has 1 unspecified atom stereocenters. The molecule has 16 heavy (non-hydrogen) atoms. The SMILES string of the molecule is Nc1ccc2c(c1)CC(N1CC[C@H](F)C1)C2. The van der Waals surface area contributed by atoms with Crippen LogP contribution < -0.4 is 5.73 Å². The van der Waals surface area contributed by atoms with E-state index in [1.165, 1.54) is 11.1 Å². The van der Waals surface area contributed by atoms with Gasteiger partial charge in [-0.25, -0.2) is 4.39 Å². The van der Waals surface area contributed by atoms with Crippen LogP contribution in [0.15, 0.2) is 18.2 Å². The lowest BCUT2D eigenvalue weighted by Crippen LogP contribution is -2.34. The highest BCUT2D eigenvalue weighted by atomic mass is 19.1. The molecule has 0 amide bonds. The monoisotopic (exact) mass is 220 g/mol. The summed E-state index contributed by atoms with van der Waals surface area (Å²) in [5, 5.41) is 0. The molecule has 2 N–H and O–H groups in total. The van der Waals surface area contributed by atoms with Crippen molar-refractivity contribution < 1.29 is 4.39 Å². The van der Waals surface area contributed by atoms with Crippen LogP contribution in [0.1, 0.15) is 17.5 Å². The predicted molar refractivity (Wildman–Crippen MR) is 63.1 cm³/mol. The minimum absolute atomic E-state index is 0.498. The second-order valence-electron chi connectivity index (χ2n) is 4.97. The maximum Gasteiger partial charge on any atom is 0.114 e. The van der Waals surface area contributed by atoms with Crippen LogP contribution >= 0.6 is 0 Å². The molecule has 0 bridgehead atoms. The van der Waals surface area contributed by atoms with Crippen molar-refractivity contribution in [3.63, 3.8) is 0 Å². The second-order valence-corrected chi connectivity index (χ2v) is 4.97. The first-order valence-electron chi connectivity index (χ1n) is 5.98. The lowest BCUT2D eigenvalue weighted by atomic mass is 10.1. The van der Waals surface area contributed by atoms with Crippen molar-refractivity contribution in [1.29, 1.82) is 0 Å². The van der Waals surface area contributed by atoms with Crippen molar-refractivity contribution in [3.8, 4) is 0 Å². The lowest BCUT2D eigenvalue weighted by molar-refractivity contribution is 0.226. The maximum atomic E-state index is 13.2. The molecule has 0 saturated carbocycles. The Balaban J connectivity index is 1.75. The highest BCUT2D eigenvalue weighted by Gasteiger charge is 2.32. The van der Waals surface area contributed by atoms with Crippen molar-refractivity contribution in [2.24, 2.45) is 0 Å². The average molecular weight is 220 g/mol. The number of nitrogens with two attached hydrogens (primary N) is 1. The summed E-state index contributed by atoms with van der Waals surface area (Å²) in [5.41, 5.74) is 9.36. The first kappa shape index (κ1) is 10.1. The van der Waals surface area contributed by atoms with Crippen LogP contribution in [0.2, 0.25) is 0 Å². The Labute approximate surface area is 95.2 Å². The third kappa shape index (κ3) is 1.69. The Morgan fingerprint density at radius 3 is 2.81 bits per heavy atom. The standard InChI is InChI=1S/C13H17FN2/c14-11-3-4-16(8-11)13-6-9-1-2-12(15)5-10(9)7-13/h1-2,5,11,13H,3-4,6-8,15H2/t11-,13?/m0/s1. The van der Waals surface area contributed by atoms with Crippen LogP contribution in [0, 0.1) is 0 Å². The fraction of sp³-hybridized carbons (Fsp3) is 0.538. The Bertz CT molecular complexity index is 405. The lowest BCUT2D eigenvalue weighted by Gasteiger charge is -2.22. The van der Waals surface area contributed by atoms with Gasteiger partial charge in [0.05, 0.1) is 0 Å². The Morgan fingerprint density at radius 2 is 2.06 bits per heavy atom. The number of alkyl halides is 1. The number of rotatable bonds is 1. The van der Waals surface area contributed by atoms with Crippen molar-refractivity contribution in [1.82, 2.24) is 4.90 Å². The molecule has 1 aliphatic carbocycles. The fourth-order valence-corrected chi connectivity index (χ4v) is 2.95. The number of anilines is 1. The summed E-state index contributed by atoms with van der Waals surface area (Å²) in [6.07, 6.45) is 2.18. The summed E-state index contributed by atoms with van der Waals surface area (Å²) in [7, 11) is 0. The van der Waals surface area contributed by atoms with Crippen molar-refractivity contribution in [3.05, 3.63) is 29.3 Å². The number of benzene rings is 1. The molecule has 2 nitrogen and oxygen atoms in total. The molecule has 86 valence electrons. The molecule has 2 aliphatic rings. The molecular weight excluding hydrogens is 203 g/mol. The molecule has 1 aromatic rings. The third-order valence-corrected chi connectivity index (χ3v) is 3.82. The van der Waals surface area contributed by atoms with Gasteiger partial charge in [-0.1, -0.05) is 6.07 Å². The molecule has 3 heteroatoms. The number of nitrogen functional groups attached to an aromatic ring is 1. The normalized spacial score (nSPS) is 29.6. The molecule has 3 rings (SSSR count). The van der Waals surface area contributed by atoms with Crippen LogP contribution in [0.25, 0.3) is 0 Å². The minimum Gasteiger partial charge on any atom is -0.399 e. The van der Waals surface area contributed by atoms with E-state index in [1.807, 2.05) is 6.07 Å². The maximum absolute atomic E-state index is 13.2. The number of fused-ring (bicyclic) bond motifs is 1. The fourth-order valence-electron chi connectivity index (χ4n) is 2.95. The average Bonchev–Trinajstić information content (AvgIpc) is 2.83. The van der Waals surface area contributed by atoms with Crippen molar-refractivity contribution in [2.45, 2.75) is 31.5 Å². The zero-order chi connectivity index (χ0) is 11.1. The summed E-state index contributed by atoms with van der Waals surface area (Å²) in [5.74, 6) is 0. The van der Waals surface area contributed by atoms with E-state index in [4.69, 9.17) is 5.73 Å². The van der Waals surface area contributed by atoms with E-state index in [-0.39, 0.29) is 0 Å². The summed E-state index contributed by atoms with van der Waals surface area (Å²) in [6.45, 7) is 1.53. The summed E-state index contributed by atoms with van der Waals surface area (Å²) < 4.78 is 13.2. The van der Waals surface area contributed by atoms with Gasteiger partial charge in [-0.3, -0.25) is 4.90 Å². The van der Waals surface area contributed by atoms with E-state index < -0.39 is 6.17 Å². The number of nitrogens with zero attached hydrogens (tertiary/aromatic N) is 1. The van der Waals surface area contributed by atoms with Gasteiger partial charge >= 0.3 is 0 Å². The van der Waals surface area contributed by atoms with Gasteiger partial charge in [0.2, 0.25) is 0 Å². The van der Waals surface area contributed by atoms with Crippen LogP contribution in [0.3, 0.4) is 0 Å². The molecule has 1 aromatic carbocycles. The largest absolute Gasteiger partial charge is 0.399 e. The van der Waals surface area contributed by atoms with E-state index in [2.05, 4.69) is 17.0 Å². The number of likely N-dealkylation sites (tertiary alicyclic amines) is 1. The van der Waals surface area contributed by atoms with Gasteiger partial charge < -0.3 is 5.73 Å². The third-order valence-electron chi connectivity index (χ3n) is 3.82. The Kier molecular flexibility index (Phi) is 2.36. The highest BCUT2D eigenvalue weighted by Crippen LogP contribution is 2.29.